The second-order valence-corrected chi connectivity index (χ2v) is 3.49. The molecular weight excluding hydrogens is 209 g/mol. The highest BCUT2D eigenvalue weighted by molar-refractivity contribution is 6.61. The normalized spacial score (nSPS) is 13.5. The number of carbonyl (C=O) groups excluding carboxylic acids is 1. The molecule has 0 saturated heterocycles. The van der Waals surface area contributed by atoms with Crippen molar-refractivity contribution >= 4 is 18.5 Å². The minimum absolute atomic E-state index is 0.0152. The van der Waals surface area contributed by atoms with Gasteiger partial charge in [0.05, 0.1) is 6.61 Å². The fraction of sp³-hybridized carbons (Fsp3) is 0.300. The van der Waals surface area contributed by atoms with E-state index < -0.39 is 7.12 Å². The Hall–Kier alpha value is -1.53. The molecular formula is C10H12BNO4. The van der Waals surface area contributed by atoms with Crippen LogP contribution in [0.4, 0.5) is 0 Å². The summed E-state index contributed by atoms with van der Waals surface area (Å²) in [7, 11) is 0.710. The van der Waals surface area contributed by atoms with E-state index in [4.69, 9.17) is 9.39 Å². The van der Waals surface area contributed by atoms with Crippen LogP contribution in [0.25, 0.3) is 0 Å². The summed E-state index contributed by atoms with van der Waals surface area (Å²) in [6.45, 7) is 0.354. The van der Waals surface area contributed by atoms with Gasteiger partial charge in [0.2, 0.25) is 0 Å². The van der Waals surface area contributed by atoms with Crippen molar-refractivity contribution < 1.29 is 19.2 Å². The molecule has 0 saturated carbocycles. The Kier molecular flexibility index (Phi) is 3.12. The van der Waals surface area contributed by atoms with Gasteiger partial charge < -0.3 is 19.7 Å². The molecule has 0 fully saturated rings. The lowest BCUT2D eigenvalue weighted by atomic mass is 9.80. The van der Waals surface area contributed by atoms with Crippen molar-refractivity contribution in [3.63, 3.8) is 0 Å². The van der Waals surface area contributed by atoms with Crippen LogP contribution in [0.3, 0.4) is 0 Å². The Morgan fingerprint density at radius 2 is 2.50 bits per heavy atom. The highest BCUT2D eigenvalue weighted by atomic mass is 16.5. The van der Waals surface area contributed by atoms with Crippen LogP contribution in [-0.4, -0.2) is 31.7 Å². The number of rotatable bonds is 3. The zero-order valence-electron chi connectivity index (χ0n) is 8.90. The second-order valence-electron chi connectivity index (χ2n) is 3.49. The van der Waals surface area contributed by atoms with Gasteiger partial charge in [-0.25, -0.2) is 0 Å². The van der Waals surface area contributed by atoms with Gasteiger partial charge in [0.15, 0.2) is 6.61 Å². The van der Waals surface area contributed by atoms with E-state index in [1.807, 2.05) is 0 Å². The first kappa shape index (κ1) is 11.0. The van der Waals surface area contributed by atoms with Crippen molar-refractivity contribution in [3.8, 4) is 5.75 Å². The van der Waals surface area contributed by atoms with Crippen LogP contribution in [0.5, 0.6) is 5.75 Å². The highest BCUT2D eigenvalue weighted by Crippen LogP contribution is 2.17. The predicted molar refractivity (Wildman–Crippen MR) is 58.4 cm³/mol. The number of fused-ring (bicyclic) bond motifs is 1. The van der Waals surface area contributed by atoms with Crippen molar-refractivity contribution in [2.45, 2.75) is 6.61 Å². The van der Waals surface area contributed by atoms with Crippen LogP contribution in [0.2, 0.25) is 0 Å². The first-order chi connectivity index (χ1) is 7.70. The molecule has 16 heavy (non-hydrogen) atoms. The van der Waals surface area contributed by atoms with E-state index in [1.54, 1.807) is 25.2 Å². The summed E-state index contributed by atoms with van der Waals surface area (Å²) in [6, 6.07) is 5.22. The zero-order chi connectivity index (χ0) is 11.5. The standard InChI is InChI=1S/C10H12BNO4/c1-12-10(13)6-15-8-2-3-9-7(4-8)5-16-11(9)14/h2-4,14H,5-6H2,1H3,(H,12,13). The Morgan fingerprint density at radius 1 is 1.69 bits per heavy atom. The molecule has 1 aromatic carbocycles. The van der Waals surface area contributed by atoms with Crippen LogP contribution < -0.4 is 15.5 Å². The molecule has 0 radical (unpaired) electrons. The monoisotopic (exact) mass is 221 g/mol. The molecule has 0 aromatic heterocycles. The number of benzene rings is 1. The molecule has 0 atom stereocenters. The summed E-state index contributed by atoms with van der Waals surface area (Å²) < 4.78 is 10.3. The fourth-order valence-electron chi connectivity index (χ4n) is 1.52. The van der Waals surface area contributed by atoms with Crippen LogP contribution >= 0.6 is 0 Å². The largest absolute Gasteiger partial charge is 0.491 e. The molecule has 2 rings (SSSR count). The zero-order valence-corrected chi connectivity index (χ0v) is 8.90. The molecule has 6 heteroatoms. The van der Waals surface area contributed by atoms with Crippen LogP contribution in [-0.2, 0) is 16.1 Å². The lowest BCUT2D eigenvalue weighted by Gasteiger charge is -2.06. The molecule has 0 bridgehead atoms. The van der Waals surface area contributed by atoms with Gasteiger partial charge in [-0.1, -0.05) is 6.07 Å². The number of likely N-dealkylation sites (N-methyl/N-ethyl adjacent to an activating group) is 1. The van der Waals surface area contributed by atoms with Gasteiger partial charge in [-0.2, -0.15) is 0 Å². The lowest BCUT2D eigenvalue weighted by Crippen LogP contribution is -2.28. The maximum atomic E-state index is 11.0. The van der Waals surface area contributed by atoms with Crippen LogP contribution in [0.1, 0.15) is 5.56 Å². The molecule has 1 aliphatic rings. The molecule has 0 aliphatic carbocycles. The highest BCUT2D eigenvalue weighted by Gasteiger charge is 2.27. The van der Waals surface area contributed by atoms with E-state index in [0.29, 0.717) is 12.4 Å². The fourth-order valence-corrected chi connectivity index (χ4v) is 1.52. The molecule has 1 heterocycles. The lowest BCUT2D eigenvalue weighted by molar-refractivity contribution is -0.122. The van der Waals surface area contributed by atoms with Crippen LogP contribution in [0.15, 0.2) is 18.2 Å². The Bertz CT molecular complexity index is 410. The molecule has 1 aliphatic heterocycles. The number of amides is 1. The average molecular weight is 221 g/mol. The molecule has 0 unspecified atom stereocenters. The average Bonchev–Trinajstić information content (AvgIpc) is 2.67. The third kappa shape index (κ3) is 2.18. The minimum atomic E-state index is -0.844. The number of hydrogen-bond acceptors (Lipinski definition) is 4. The summed E-state index contributed by atoms with van der Waals surface area (Å²) >= 11 is 0. The molecule has 1 amide bonds. The Labute approximate surface area is 93.5 Å². The molecule has 2 N–H and O–H groups in total. The van der Waals surface area contributed by atoms with E-state index in [1.165, 1.54) is 0 Å². The number of ether oxygens (including phenoxy) is 1. The van der Waals surface area contributed by atoms with Crippen molar-refractivity contribution in [2.75, 3.05) is 13.7 Å². The van der Waals surface area contributed by atoms with Crippen LogP contribution in [0, 0.1) is 0 Å². The van der Waals surface area contributed by atoms with Crippen molar-refractivity contribution in [3.05, 3.63) is 23.8 Å². The topological polar surface area (TPSA) is 67.8 Å². The molecule has 0 spiro atoms. The maximum absolute atomic E-state index is 11.0. The van der Waals surface area contributed by atoms with Crippen molar-refractivity contribution in [2.24, 2.45) is 0 Å². The molecule has 84 valence electrons. The molecule has 5 nitrogen and oxygen atoms in total. The van der Waals surface area contributed by atoms with Gasteiger partial charge in [-0.3, -0.25) is 4.79 Å². The van der Waals surface area contributed by atoms with Gasteiger partial charge in [0.1, 0.15) is 5.75 Å². The summed E-state index contributed by atoms with van der Waals surface area (Å²) in [5.41, 5.74) is 1.65. The Balaban J connectivity index is 2.05. The summed E-state index contributed by atoms with van der Waals surface area (Å²) in [4.78, 5) is 11.0. The van der Waals surface area contributed by atoms with Crippen molar-refractivity contribution in [1.29, 1.82) is 0 Å². The third-order valence-electron chi connectivity index (χ3n) is 2.43. The van der Waals surface area contributed by atoms with Crippen molar-refractivity contribution in [1.82, 2.24) is 5.32 Å². The first-order valence-corrected chi connectivity index (χ1v) is 4.96. The second kappa shape index (κ2) is 4.55. The molecule has 1 aromatic rings. The van der Waals surface area contributed by atoms with Gasteiger partial charge in [0.25, 0.3) is 5.91 Å². The first-order valence-electron chi connectivity index (χ1n) is 4.96. The number of hydrogen-bond donors (Lipinski definition) is 2. The Morgan fingerprint density at radius 3 is 3.25 bits per heavy atom. The van der Waals surface area contributed by atoms with E-state index >= 15 is 0 Å². The quantitative estimate of drug-likeness (QED) is 0.644. The van der Waals surface area contributed by atoms with E-state index in [-0.39, 0.29) is 12.5 Å². The predicted octanol–water partition coefficient (Wildman–Crippen LogP) is -0.971. The third-order valence-corrected chi connectivity index (χ3v) is 2.43. The van der Waals surface area contributed by atoms with E-state index in [0.717, 1.165) is 11.0 Å². The van der Waals surface area contributed by atoms with Gasteiger partial charge in [-0.15, -0.1) is 0 Å². The summed E-state index contributed by atoms with van der Waals surface area (Å²) in [5.74, 6) is 0.414. The minimum Gasteiger partial charge on any atom is -0.484 e. The SMILES string of the molecule is CNC(=O)COc1ccc2c(c1)COB2O. The number of nitrogens with one attached hydrogen (secondary N) is 1. The smallest absolute Gasteiger partial charge is 0.484 e. The van der Waals surface area contributed by atoms with E-state index in [2.05, 4.69) is 5.32 Å². The summed E-state index contributed by atoms with van der Waals surface area (Å²) in [5, 5.41) is 11.9. The van der Waals surface area contributed by atoms with Gasteiger partial charge >= 0.3 is 7.12 Å². The van der Waals surface area contributed by atoms with Gasteiger partial charge in [0, 0.05) is 7.05 Å². The van der Waals surface area contributed by atoms with Gasteiger partial charge in [-0.05, 0) is 23.2 Å². The van der Waals surface area contributed by atoms with E-state index in [9.17, 15) is 9.82 Å². The summed E-state index contributed by atoms with van der Waals surface area (Å²) in [6.07, 6.45) is 0. The maximum Gasteiger partial charge on any atom is 0.491 e. The number of carbonyl (C=O) groups is 1.